The molecule has 1 saturated heterocycles. The third-order valence-electron chi connectivity index (χ3n) is 3.99. The van der Waals surface area contributed by atoms with E-state index in [9.17, 15) is 0 Å². The number of guanidine groups is 1. The van der Waals surface area contributed by atoms with Gasteiger partial charge in [-0.15, -0.1) is 24.0 Å². The summed E-state index contributed by atoms with van der Waals surface area (Å²) in [5.74, 6) is 1.84. The minimum absolute atomic E-state index is 0. The number of hydrogen-bond donors (Lipinski definition) is 3. The van der Waals surface area contributed by atoms with E-state index in [0.717, 1.165) is 83.6 Å². The molecule has 0 unspecified atom stereocenters. The van der Waals surface area contributed by atoms with Crippen LogP contribution in [0.15, 0.2) is 29.4 Å². The van der Waals surface area contributed by atoms with Gasteiger partial charge in [0, 0.05) is 52.0 Å². The molecule has 1 aliphatic rings. The van der Waals surface area contributed by atoms with Crippen LogP contribution in [0.25, 0.3) is 0 Å². The Kier molecular flexibility index (Phi) is 13.2. The van der Waals surface area contributed by atoms with E-state index in [4.69, 9.17) is 4.74 Å². The van der Waals surface area contributed by atoms with Crippen molar-refractivity contribution in [2.45, 2.75) is 19.8 Å². The third-order valence-corrected chi connectivity index (χ3v) is 3.99. The number of hydrogen-bond acceptors (Lipinski definition) is 5. The van der Waals surface area contributed by atoms with Gasteiger partial charge in [0.15, 0.2) is 5.96 Å². The summed E-state index contributed by atoms with van der Waals surface area (Å²) in [6.45, 7) is 10.4. The monoisotopic (exact) mass is 476 g/mol. The molecular formula is C18H33IN6O. The van der Waals surface area contributed by atoms with Crippen molar-refractivity contribution in [1.29, 1.82) is 0 Å². The Morgan fingerprint density at radius 3 is 2.77 bits per heavy atom. The lowest BCUT2D eigenvalue weighted by atomic mass is 10.3. The second-order valence-electron chi connectivity index (χ2n) is 5.99. The lowest BCUT2D eigenvalue weighted by molar-refractivity contribution is 0.0389. The van der Waals surface area contributed by atoms with E-state index in [0.29, 0.717) is 0 Å². The smallest absolute Gasteiger partial charge is 0.191 e. The van der Waals surface area contributed by atoms with E-state index in [2.05, 4.69) is 37.8 Å². The molecule has 0 spiro atoms. The second kappa shape index (κ2) is 15.0. The average Bonchev–Trinajstić information content (AvgIpc) is 2.66. The van der Waals surface area contributed by atoms with Gasteiger partial charge in [-0.25, -0.2) is 4.98 Å². The first-order valence-electron chi connectivity index (χ1n) is 9.35. The molecule has 0 aromatic carbocycles. The zero-order chi connectivity index (χ0) is 17.6. The Balaban J connectivity index is 0.00000338. The number of unbranched alkanes of at least 4 members (excludes halogenated alkanes) is 1. The Labute approximate surface area is 174 Å². The molecule has 0 saturated carbocycles. The van der Waals surface area contributed by atoms with Crippen molar-refractivity contribution in [2.24, 2.45) is 4.99 Å². The number of rotatable bonds is 10. The number of morpholine rings is 1. The Morgan fingerprint density at radius 2 is 2.04 bits per heavy atom. The third kappa shape index (κ3) is 10.1. The molecule has 1 aromatic heterocycles. The highest BCUT2D eigenvalue weighted by molar-refractivity contribution is 14.0. The largest absolute Gasteiger partial charge is 0.379 e. The molecule has 0 aliphatic carbocycles. The first-order valence-corrected chi connectivity index (χ1v) is 9.35. The Morgan fingerprint density at radius 1 is 1.19 bits per heavy atom. The number of nitrogens with one attached hydrogen (secondary N) is 3. The molecule has 1 aliphatic heterocycles. The van der Waals surface area contributed by atoms with Crippen molar-refractivity contribution >= 4 is 35.8 Å². The minimum Gasteiger partial charge on any atom is -0.379 e. The van der Waals surface area contributed by atoms with E-state index >= 15 is 0 Å². The zero-order valence-electron chi connectivity index (χ0n) is 15.7. The molecule has 0 radical (unpaired) electrons. The highest BCUT2D eigenvalue weighted by Crippen LogP contribution is 2.00. The van der Waals surface area contributed by atoms with Crippen LogP contribution in [0.2, 0.25) is 0 Å². The molecule has 26 heavy (non-hydrogen) atoms. The number of aromatic nitrogens is 1. The van der Waals surface area contributed by atoms with Gasteiger partial charge in [-0.05, 0) is 31.9 Å². The molecule has 3 N–H and O–H groups in total. The summed E-state index contributed by atoms with van der Waals surface area (Å²) >= 11 is 0. The molecule has 1 fully saturated rings. The number of halogens is 1. The van der Waals surface area contributed by atoms with E-state index in [1.54, 1.807) is 6.20 Å². The fraction of sp³-hybridized carbons (Fsp3) is 0.667. The maximum Gasteiger partial charge on any atom is 0.191 e. The van der Waals surface area contributed by atoms with Crippen LogP contribution in [0.1, 0.15) is 19.8 Å². The molecule has 2 heterocycles. The van der Waals surface area contributed by atoms with Crippen molar-refractivity contribution in [1.82, 2.24) is 20.5 Å². The van der Waals surface area contributed by atoms with Crippen LogP contribution in [0, 0.1) is 0 Å². The summed E-state index contributed by atoms with van der Waals surface area (Å²) in [5.41, 5.74) is 0. The van der Waals surface area contributed by atoms with Crippen LogP contribution < -0.4 is 16.0 Å². The average molecular weight is 476 g/mol. The fourth-order valence-electron chi connectivity index (χ4n) is 2.61. The van der Waals surface area contributed by atoms with Gasteiger partial charge in [-0.3, -0.25) is 9.89 Å². The molecule has 0 amide bonds. The van der Waals surface area contributed by atoms with Gasteiger partial charge < -0.3 is 20.7 Å². The summed E-state index contributed by atoms with van der Waals surface area (Å²) in [7, 11) is 0. The fourth-order valence-corrected chi connectivity index (χ4v) is 2.61. The first kappa shape index (κ1) is 22.9. The highest BCUT2D eigenvalue weighted by Gasteiger charge is 2.09. The van der Waals surface area contributed by atoms with Gasteiger partial charge in [0.1, 0.15) is 5.82 Å². The van der Waals surface area contributed by atoms with Crippen molar-refractivity contribution < 1.29 is 4.74 Å². The van der Waals surface area contributed by atoms with Crippen LogP contribution >= 0.6 is 24.0 Å². The summed E-state index contributed by atoms with van der Waals surface area (Å²) in [6.07, 6.45) is 3.94. The van der Waals surface area contributed by atoms with E-state index in [-0.39, 0.29) is 24.0 Å². The SMILES string of the molecule is CCNC(=NCCCCNc1ccccn1)NCCN1CCOCC1.I. The van der Waals surface area contributed by atoms with Crippen molar-refractivity contribution in [2.75, 3.05) is 64.3 Å². The van der Waals surface area contributed by atoms with Gasteiger partial charge in [0.05, 0.1) is 13.2 Å². The van der Waals surface area contributed by atoms with E-state index in [1.165, 1.54) is 0 Å². The van der Waals surface area contributed by atoms with Crippen LogP contribution in [-0.4, -0.2) is 74.9 Å². The highest BCUT2D eigenvalue weighted by atomic mass is 127. The standard InChI is InChI=1S/C18H32N6O.HI/c1-2-19-18(23-11-12-24-13-15-25-16-14-24)22-10-6-5-9-21-17-7-3-4-8-20-17;/h3-4,7-8H,2,5-6,9-16H2,1H3,(H,20,21)(H2,19,22,23);1H. The van der Waals surface area contributed by atoms with Crippen molar-refractivity contribution in [3.8, 4) is 0 Å². The van der Waals surface area contributed by atoms with Gasteiger partial charge in [-0.2, -0.15) is 0 Å². The number of pyridine rings is 1. The minimum atomic E-state index is 0. The van der Waals surface area contributed by atoms with Gasteiger partial charge in [0.25, 0.3) is 0 Å². The zero-order valence-corrected chi connectivity index (χ0v) is 18.1. The molecule has 8 heteroatoms. The predicted octanol–water partition coefficient (Wildman–Crippen LogP) is 1.78. The molecule has 7 nitrogen and oxygen atoms in total. The van der Waals surface area contributed by atoms with E-state index < -0.39 is 0 Å². The summed E-state index contributed by atoms with van der Waals surface area (Å²) < 4.78 is 5.37. The van der Waals surface area contributed by atoms with Crippen LogP contribution in [0.5, 0.6) is 0 Å². The maximum absolute atomic E-state index is 5.37. The van der Waals surface area contributed by atoms with Crippen molar-refractivity contribution in [3.05, 3.63) is 24.4 Å². The summed E-state index contributed by atoms with van der Waals surface area (Å²) in [5, 5.41) is 10.0. The molecule has 148 valence electrons. The Bertz CT molecular complexity index is 482. The second-order valence-corrected chi connectivity index (χ2v) is 5.99. The number of ether oxygens (including phenoxy) is 1. The first-order chi connectivity index (χ1) is 12.4. The van der Waals surface area contributed by atoms with Gasteiger partial charge in [0.2, 0.25) is 0 Å². The van der Waals surface area contributed by atoms with Crippen LogP contribution in [0.3, 0.4) is 0 Å². The molecule has 0 bridgehead atoms. The van der Waals surface area contributed by atoms with Crippen LogP contribution in [0.4, 0.5) is 5.82 Å². The maximum atomic E-state index is 5.37. The van der Waals surface area contributed by atoms with Crippen molar-refractivity contribution in [3.63, 3.8) is 0 Å². The topological polar surface area (TPSA) is 73.8 Å². The predicted molar refractivity (Wildman–Crippen MR) is 119 cm³/mol. The molecular weight excluding hydrogens is 443 g/mol. The molecule has 0 atom stereocenters. The quantitative estimate of drug-likeness (QED) is 0.207. The number of nitrogens with zero attached hydrogens (tertiary/aromatic N) is 3. The van der Waals surface area contributed by atoms with Gasteiger partial charge in [-0.1, -0.05) is 6.07 Å². The molecule has 2 rings (SSSR count). The number of anilines is 1. The van der Waals surface area contributed by atoms with E-state index in [1.807, 2.05) is 18.2 Å². The summed E-state index contributed by atoms with van der Waals surface area (Å²) in [4.78, 5) is 11.3. The van der Waals surface area contributed by atoms with Crippen LogP contribution in [-0.2, 0) is 4.74 Å². The van der Waals surface area contributed by atoms with Gasteiger partial charge >= 0.3 is 0 Å². The lowest BCUT2D eigenvalue weighted by Gasteiger charge is -2.26. The summed E-state index contributed by atoms with van der Waals surface area (Å²) in [6, 6.07) is 5.90. The number of aliphatic imine (C=N–C) groups is 1. The molecule has 1 aromatic rings. The Hall–Kier alpha value is -1.13. The lowest BCUT2D eigenvalue weighted by Crippen LogP contribution is -2.44. The normalized spacial score (nSPS) is 15.2.